The second kappa shape index (κ2) is 6.35. The molecule has 0 heterocycles. The second-order valence-corrected chi connectivity index (χ2v) is 3.96. The summed E-state index contributed by atoms with van der Waals surface area (Å²) in [5, 5.41) is 3.07. The smallest absolute Gasteiger partial charge is 0.180 e. The summed E-state index contributed by atoms with van der Waals surface area (Å²) in [5.74, 6) is -0.193. The summed E-state index contributed by atoms with van der Waals surface area (Å²) < 4.78 is 18.1. The lowest BCUT2D eigenvalue weighted by molar-refractivity contribution is 0.0984. The third kappa shape index (κ3) is 3.82. The molecule has 0 bridgehead atoms. The summed E-state index contributed by atoms with van der Waals surface area (Å²) in [5.41, 5.74) is 0.281. The van der Waals surface area contributed by atoms with Crippen molar-refractivity contribution < 1.29 is 13.9 Å². The Morgan fingerprint density at radius 1 is 1.53 bits per heavy atom. The van der Waals surface area contributed by atoms with E-state index >= 15 is 0 Å². The molecule has 0 radical (unpaired) electrons. The van der Waals surface area contributed by atoms with Gasteiger partial charge in [-0.2, -0.15) is 0 Å². The van der Waals surface area contributed by atoms with Gasteiger partial charge in [0.25, 0.3) is 0 Å². The van der Waals surface area contributed by atoms with Crippen LogP contribution in [0.15, 0.2) is 18.2 Å². The van der Waals surface area contributed by atoms with Crippen LogP contribution in [0.5, 0.6) is 5.75 Å². The van der Waals surface area contributed by atoms with Crippen molar-refractivity contribution in [2.45, 2.75) is 26.3 Å². The highest BCUT2D eigenvalue weighted by Crippen LogP contribution is 2.19. The number of nitrogens with one attached hydrogen (secondary N) is 1. The number of hydrogen-bond acceptors (Lipinski definition) is 3. The van der Waals surface area contributed by atoms with E-state index in [2.05, 4.69) is 5.32 Å². The number of halogens is 1. The monoisotopic (exact) mass is 239 g/mol. The molecule has 0 saturated carbocycles. The van der Waals surface area contributed by atoms with Crippen molar-refractivity contribution in [3.8, 4) is 5.75 Å². The fraction of sp³-hybridized carbons (Fsp3) is 0.462. The van der Waals surface area contributed by atoms with Crippen molar-refractivity contribution in [1.29, 1.82) is 0 Å². The normalized spacial score (nSPS) is 12.2. The first-order chi connectivity index (χ1) is 8.08. The van der Waals surface area contributed by atoms with Crippen molar-refractivity contribution in [3.63, 3.8) is 0 Å². The van der Waals surface area contributed by atoms with E-state index in [-0.39, 0.29) is 23.9 Å². The molecule has 1 aromatic carbocycles. The minimum Gasteiger partial charge on any atom is -0.496 e. The Kier molecular flexibility index (Phi) is 5.10. The third-order valence-electron chi connectivity index (χ3n) is 2.69. The Hall–Kier alpha value is -1.42. The quantitative estimate of drug-likeness (QED) is 0.775. The molecule has 1 rings (SSSR count). The Balaban J connectivity index is 2.77. The highest BCUT2D eigenvalue weighted by atomic mass is 19.1. The molecule has 1 N–H and O–H groups in total. The molecule has 3 nitrogen and oxygen atoms in total. The molecule has 17 heavy (non-hydrogen) atoms. The van der Waals surface area contributed by atoms with Gasteiger partial charge in [-0.1, -0.05) is 6.92 Å². The topological polar surface area (TPSA) is 38.3 Å². The van der Waals surface area contributed by atoms with Gasteiger partial charge in [-0.25, -0.2) is 4.39 Å². The molecule has 0 saturated heterocycles. The van der Waals surface area contributed by atoms with Crippen LogP contribution >= 0.6 is 0 Å². The Bertz CT molecular complexity index is 393. The van der Waals surface area contributed by atoms with E-state index in [0.29, 0.717) is 5.75 Å². The Morgan fingerprint density at radius 2 is 2.24 bits per heavy atom. The van der Waals surface area contributed by atoms with Gasteiger partial charge >= 0.3 is 0 Å². The molecule has 0 aliphatic rings. The van der Waals surface area contributed by atoms with Gasteiger partial charge in [0.15, 0.2) is 5.78 Å². The highest BCUT2D eigenvalue weighted by molar-refractivity contribution is 6.00. The fourth-order valence-electron chi connectivity index (χ4n) is 1.40. The Morgan fingerprint density at radius 3 is 2.82 bits per heavy atom. The van der Waals surface area contributed by atoms with Gasteiger partial charge in [0.05, 0.1) is 19.2 Å². The SMILES string of the molecule is CCC(C)NCC(=O)c1cc(F)ccc1OC. The first kappa shape index (κ1) is 13.6. The first-order valence-electron chi connectivity index (χ1n) is 5.68. The maximum absolute atomic E-state index is 13.1. The number of ketones is 1. The molecule has 0 spiro atoms. The molecule has 4 heteroatoms. The molecular weight excluding hydrogens is 221 g/mol. The van der Waals surface area contributed by atoms with Crippen molar-refractivity contribution >= 4 is 5.78 Å². The zero-order valence-electron chi connectivity index (χ0n) is 10.4. The maximum atomic E-state index is 13.1. The van der Waals surface area contributed by atoms with Crippen molar-refractivity contribution in [2.75, 3.05) is 13.7 Å². The predicted octanol–water partition coefficient (Wildman–Crippen LogP) is 2.41. The minimum atomic E-state index is -0.433. The van der Waals surface area contributed by atoms with Gasteiger partial charge in [-0.15, -0.1) is 0 Å². The number of ether oxygens (including phenoxy) is 1. The van der Waals surface area contributed by atoms with Crippen LogP contribution < -0.4 is 10.1 Å². The predicted molar refractivity (Wildman–Crippen MR) is 65.0 cm³/mol. The maximum Gasteiger partial charge on any atom is 0.180 e. The van der Waals surface area contributed by atoms with E-state index in [4.69, 9.17) is 4.74 Å². The number of rotatable bonds is 6. The number of carbonyl (C=O) groups excluding carboxylic acids is 1. The molecule has 1 atom stereocenters. The van der Waals surface area contributed by atoms with E-state index in [9.17, 15) is 9.18 Å². The number of hydrogen-bond donors (Lipinski definition) is 1. The molecular formula is C13H18FNO2. The molecule has 0 aliphatic heterocycles. The summed E-state index contributed by atoms with van der Waals surface area (Å²) in [7, 11) is 1.46. The molecule has 0 fully saturated rings. The van der Waals surface area contributed by atoms with Crippen LogP contribution in [0.2, 0.25) is 0 Å². The van der Waals surface area contributed by atoms with Crippen LogP contribution in [0, 0.1) is 5.82 Å². The lowest BCUT2D eigenvalue weighted by Gasteiger charge is -2.12. The second-order valence-electron chi connectivity index (χ2n) is 3.96. The molecule has 1 aromatic rings. The highest BCUT2D eigenvalue weighted by Gasteiger charge is 2.13. The van der Waals surface area contributed by atoms with Gasteiger partial charge in [-0.3, -0.25) is 4.79 Å². The summed E-state index contributed by atoms with van der Waals surface area (Å²) >= 11 is 0. The average Bonchev–Trinajstić information content (AvgIpc) is 2.35. The average molecular weight is 239 g/mol. The number of methoxy groups -OCH3 is 1. The van der Waals surface area contributed by atoms with E-state index in [1.165, 1.54) is 25.3 Å². The number of carbonyl (C=O) groups is 1. The van der Waals surface area contributed by atoms with Crippen LogP contribution in [0.3, 0.4) is 0 Å². The lowest BCUT2D eigenvalue weighted by atomic mass is 10.1. The minimum absolute atomic E-state index is 0.165. The van der Waals surface area contributed by atoms with Crippen molar-refractivity contribution in [2.24, 2.45) is 0 Å². The van der Waals surface area contributed by atoms with Gasteiger partial charge in [-0.05, 0) is 31.5 Å². The largest absolute Gasteiger partial charge is 0.496 e. The van der Waals surface area contributed by atoms with Crippen LogP contribution in [0.4, 0.5) is 4.39 Å². The number of benzene rings is 1. The third-order valence-corrected chi connectivity index (χ3v) is 2.69. The van der Waals surface area contributed by atoms with Crippen LogP contribution in [-0.2, 0) is 0 Å². The summed E-state index contributed by atoms with van der Waals surface area (Å²) in [6, 6.07) is 4.21. The molecule has 0 aromatic heterocycles. The van der Waals surface area contributed by atoms with E-state index in [1.54, 1.807) is 0 Å². The van der Waals surface area contributed by atoms with Crippen LogP contribution in [-0.4, -0.2) is 25.5 Å². The van der Waals surface area contributed by atoms with E-state index in [1.807, 2.05) is 13.8 Å². The van der Waals surface area contributed by atoms with E-state index < -0.39 is 5.82 Å². The van der Waals surface area contributed by atoms with Crippen molar-refractivity contribution in [1.82, 2.24) is 5.32 Å². The van der Waals surface area contributed by atoms with Crippen LogP contribution in [0.25, 0.3) is 0 Å². The molecule has 0 aliphatic carbocycles. The Labute approximate surface area is 101 Å². The fourth-order valence-corrected chi connectivity index (χ4v) is 1.40. The zero-order chi connectivity index (χ0) is 12.8. The number of Topliss-reactive ketones (excluding diaryl/α,β-unsaturated/α-hetero) is 1. The van der Waals surface area contributed by atoms with Gasteiger partial charge in [0.1, 0.15) is 11.6 Å². The molecule has 0 amide bonds. The lowest BCUT2D eigenvalue weighted by Crippen LogP contribution is -2.31. The summed E-state index contributed by atoms with van der Waals surface area (Å²) in [4.78, 5) is 11.9. The van der Waals surface area contributed by atoms with Gasteiger partial charge in [0, 0.05) is 6.04 Å². The molecule has 94 valence electrons. The van der Waals surface area contributed by atoms with E-state index in [0.717, 1.165) is 6.42 Å². The van der Waals surface area contributed by atoms with Crippen LogP contribution in [0.1, 0.15) is 30.6 Å². The van der Waals surface area contributed by atoms with Gasteiger partial charge < -0.3 is 10.1 Å². The standard InChI is InChI=1S/C13H18FNO2/c1-4-9(2)15-8-12(16)11-7-10(14)5-6-13(11)17-3/h5-7,9,15H,4,8H2,1-3H3. The zero-order valence-corrected chi connectivity index (χ0v) is 10.4. The summed E-state index contributed by atoms with van der Waals surface area (Å²) in [6.07, 6.45) is 0.938. The molecule has 1 unspecified atom stereocenters. The van der Waals surface area contributed by atoms with Gasteiger partial charge in [0.2, 0.25) is 0 Å². The first-order valence-corrected chi connectivity index (χ1v) is 5.68. The van der Waals surface area contributed by atoms with Crippen molar-refractivity contribution in [3.05, 3.63) is 29.6 Å². The summed E-state index contributed by atoms with van der Waals surface area (Å²) in [6.45, 7) is 4.22.